The smallest absolute Gasteiger partial charge is 0.316 e. The first-order chi connectivity index (χ1) is 3.79. The van der Waals surface area contributed by atoms with Crippen LogP contribution in [0.2, 0.25) is 0 Å². The van der Waals surface area contributed by atoms with E-state index in [4.69, 9.17) is 0 Å². The Balaban J connectivity index is 2.40. The van der Waals surface area contributed by atoms with Gasteiger partial charge in [-0.25, -0.2) is 0 Å². The second kappa shape index (κ2) is 2.17. The Labute approximate surface area is 50.4 Å². The Bertz CT molecular complexity index is 103. The average molecular weight is 132 g/mol. The molecule has 0 spiro atoms. The van der Waals surface area contributed by atoms with E-state index in [0.29, 0.717) is 0 Å². The number of rotatable bonds is 0. The lowest BCUT2D eigenvalue weighted by Gasteiger charge is -2.06. The van der Waals surface area contributed by atoms with Crippen LogP contribution in [0.1, 0.15) is 0 Å². The van der Waals surface area contributed by atoms with E-state index in [1.165, 1.54) is 0 Å². The molecule has 0 bridgehead atoms. The van der Waals surface area contributed by atoms with Gasteiger partial charge >= 0.3 is 5.97 Å². The molecule has 1 rings (SSSR count). The van der Waals surface area contributed by atoms with E-state index >= 15 is 0 Å². The molecule has 1 fully saturated rings. The van der Waals surface area contributed by atoms with Crippen molar-refractivity contribution in [1.82, 2.24) is 0 Å². The first-order valence-corrected chi connectivity index (χ1v) is 3.09. The molecule has 0 radical (unpaired) electrons. The van der Waals surface area contributed by atoms with Gasteiger partial charge < -0.3 is 4.74 Å². The molecular formula is C4H4O3S. The summed E-state index contributed by atoms with van der Waals surface area (Å²) in [5.41, 5.74) is 0. The zero-order chi connectivity index (χ0) is 5.98. The topological polar surface area (TPSA) is 43.4 Å². The van der Waals surface area contributed by atoms with Crippen LogP contribution < -0.4 is 0 Å². The van der Waals surface area contributed by atoms with Crippen LogP contribution in [-0.4, -0.2) is 23.4 Å². The molecule has 1 heterocycles. The minimum atomic E-state index is -0.297. The maximum absolute atomic E-state index is 10.3. The number of esters is 1. The molecular weight excluding hydrogens is 128 g/mol. The molecule has 0 aromatic heterocycles. The van der Waals surface area contributed by atoms with Gasteiger partial charge in [0.05, 0.1) is 5.75 Å². The fourth-order valence-corrected chi connectivity index (χ4v) is 0.867. The highest BCUT2D eigenvalue weighted by atomic mass is 32.2. The molecule has 0 aromatic carbocycles. The predicted octanol–water partition coefficient (Wildman–Crippen LogP) is -0.197. The molecule has 3 nitrogen and oxygen atoms in total. The van der Waals surface area contributed by atoms with E-state index < -0.39 is 0 Å². The molecule has 0 aliphatic carbocycles. The Hall–Kier alpha value is -0.510. The van der Waals surface area contributed by atoms with E-state index in [0.717, 1.165) is 11.8 Å². The van der Waals surface area contributed by atoms with E-state index in [-0.39, 0.29) is 23.4 Å². The molecule has 0 saturated carbocycles. The number of carbonyl (C=O) groups is 2. The monoisotopic (exact) mass is 132 g/mol. The summed E-state index contributed by atoms with van der Waals surface area (Å²) < 4.78 is 4.38. The lowest BCUT2D eigenvalue weighted by Crippen LogP contribution is -2.20. The van der Waals surface area contributed by atoms with E-state index in [2.05, 4.69) is 4.74 Å². The Morgan fingerprint density at radius 1 is 1.50 bits per heavy atom. The molecule has 8 heavy (non-hydrogen) atoms. The molecule has 0 amide bonds. The van der Waals surface area contributed by atoms with Gasteiger partial charge in [-0.3, -0.25) is 9.59 Å². The molecule has 1 aliphatic rings. The minimum absolute atomic E-state index is 0.0521. The molecule has 44 valence electrons. The number of hydrogen-bond donors (Lipinski definition) is 0. The summed E-state index contributed by atoms with van der Waals surface area (Å²) in [6, 6.07) is 0. The van der Waals surface area contributed by atoms with E-state index in [9.17, 15) is 9.59 Å². The standard InChI is InChI=1S/C4H4O3S/c5-3-2-8-4(6)1-7-3/h1-2H2. The van der Waals surface area contributed by atoms with Crippen molar-refractivity contribution >= 4 is 22.8 Å². The lowest BCUT2D eigenvalue weighted by molar-refractivity contribution is -0.144. The number of cyclic esters (lactones) is 1. The van der Waals surface area contributed by atoms with Crippen LogP contribution in [0.15, 0.2) is 0 Å². The van der Waals surface area contributed by atoms with Crippen LogP contribution in [-0.2, 0) is 14.3 Å². The third kappa shape index (κ3) is 1.23. The number of thioether (sulfide) groups is 1. The van der Waals surface area contributed by atoms with Crippen molar-refractivity contribution in [3.63, 3.8) is 0 Å². The van der Waals surface area contributed by atoms with Crippen molar-refractivity contribution in [3.05, 3.63) is 0 Å². The molecule has 0 atom stereocenters. The summed E-state index contributed by atoms with van der Waals surface area (Å²) in [7, 11) is 0. The highest BCUT2D eigenvalue weighted by Gasteiger charge is 2.15. The summed E-state index contributed by atoms with van der Waals surface area (Å²) in [4.78, 5) is 20.5. The van der Waals surface area contributed by atoms with Crippen LogP contribution in [0.25, 0.3) is 0 Å². The van der Waals surface area contributed by atoms with Crippen molar-refractivity contribution in [2.24, 2.45) is 0 Å². The van der Waals surface area contributed by atoms with Crippen molar-refractivity contribution in [3.8, 4) is 0 Å². The number of ether oxygens (including phenoxy) is 1. The van der Waals surface area contributed by atoms with E-state index in [1.54, 1.807) is 0 Å². The van der Waals surface area contributed by atoms with Crippen LogP contribution in [0, 0.1) is 0 Å². The zero-order valence-corrected chi connectivity index (χ0v) is 4.86. The zero-order valence-electron chi connectivity index (χ0n) is 4.05. The Morgan fingerprint density at radius 3 is 2.62 bits per heavy atom. The second-order valence-corrected chi connectivity index (χ2v) is 2.35. The average Bonchev–Trinajstić information content (AvgIpc) is 1.77. The maximum atomic E-state index is 10.3. The van der Waals surface area contributed by atoms with Crippen molar-refractivity contribution in [1.29, 1.82) is 0 Å². The van der Waals surface area contributed by atoms with Gasteiger partial charge in [0.15, 0.2) is 6.61 Å². The highest BCUT2D eigenvalue weighted by Crippen LogP contribution is 2.07. The molecule has 4 heteroatoms. The Kier molecular flexibility index (Phi) is 1.53. The molecule has 1 aliphatic heterocycles. The van der Waals surface area contributed by atoms with Gasteiger partial charge in [-0.15, -0.1) is 0 Å². The fourth-order valence-electron chi connectivity index (χ4n) is 0.362. The Morgan fingerprint density at radius 2 is 2.25 bits per heavy atom. The summed E-state index contributed by atoms with van der Waals surface area (Å²) >= 11 is 1.01. The third-order valence-corrected chi connectivity index (χ3v) is 1.52. The van der Waals surface area contributed by atoms with Gasteiger partial charge in [-0.1, -0.05) is 11.8 Å². The largest absolute Gasteiger partial charge is 0.456 e. The van der Waals surface area contributed by atoms with Crippen LogP contribution in [0.3, 0.4) is 0 Å². The summed E-state index contributed by atoms with van der Waals surface area (Å²) in [6.45, 7) is -0.0521. The highest BCUT2D eigenvalue weighted by molar-refractivity contribution is 8.14. The van der Waals surface area contributed by atoms with Gasteiger partial charge in [-0.2, -0.15) is 0 Å². The summed E-state index contributed by atoms with van der Waals surface area (Å²) in [5, 5.41) is -0.0652. The summed E-state index contributed by atoms with van der Waals surface area (Å²) in [5.74, 6) is -0.117. The third-order valence-electron chi connectivity index (χ3n) is 0.702. The molecule has 0 unspecified atom stereocenters. The first-order valence-electron chi connectivity index (χ1n) is 2.10. The minimum Gasteiger partial charge on any atom is -0.456 e. The lowest BCUT2D eigenvalue weighted by atomic mass is 10.7. The number of carbonyl (C=O) groups excluding carboxylic acids is 2. The SMILES string of the molecule is O=C1CSC(=O)CO1. The van der Waals surface area contributed by atoms with Crippen LogP contribution in [0.5, 0.6) is 0 Å². The molecule has 0 N–H and O–H groups in total. The predicted molar refractivity (Wildman–Crippen MR) is 28.4 cm³/mol. The van der Waals surface area contributed by atoms with Gasteiger partial charge in [0.1, 0.15) is 0 Å². The molecule has 0 aromatic rings. The van der Waals surface area contributed by atoms with Gasteiger partial charge in [0, 0.05) is 0 Å². The van der Waals surface area contributed by atoms with Crippen LogP contribution in [0.4, 0.5) is 0 Å². The van der Waals surface area contributed by atoms with Crippen molar-refractivity contribution in [2.45, 2.75) is 0 Å². The summed E-state index contributed by atoms with van der Waals surface area (Å²) in [6.07, 6.45) is 0. The van der Waals surface area contributed by atoms with Gasteiger partial charge in [0.2, 0.25) is 5.12 Å². The molecule has 1 saturated heterocycles. The maximum Gasteiger partial charge on any atom is 0.316 e. The van der Waals surface area contributed by atoms with Crippen LogP contribution >= 0.6 is 11.8 Å². The normalized spacial score (nSPS) is 20.5. The van der Waals surface area contributed by atoms with Crippen molar-refractivity contribution in [2.75, 3.05) is 12.4 Å². The van der Waals surface area contributed by atoms with Gasteiger partial charge in [-0.05, 0) is 0 Å². The fraction of sp³-hybridized carbons (Fsp3) is 0.500. The van der Waals surface area contributed by atoms with E-state index in [1.807, 2.05) is 0 Å². The first kappa shape index (κ1) is 5.62. The van der Waals surface area contributed by atoms with Gasteiger partial charge in [0.25, 0.3) is 0 Å². The quantitative estimate of drug-likeness (QED) is 0.428. The second-order valence-electron chi connectivity index (χ2n) is 1.32. The number of hydrogen-bond acceptors (Lipinski definition) is 4. The van der Waals surface area contributed by atoms with Crippen molar-refractivity contribution < 1.29 is 14.3 Å².